The van der Waals surface area contributed by atoms with E-state index in [1.807, 2.05) is 72.8 Å². The third-order valence-corrected chi connectivity index (χ3v) is 11.2. The Morgan fingerprint density at radius 2 is 0.947 bits per heavy atom. The number of nitrogens with zero attached hydrogens (tertiary/aromatic N) is 5. The second kappa shape index (κ2) is 12.3. The standard InChI is InChI=1S/C51H31N5O/c1-4-15-32(16-5-1)49-52-50(33-17-6-2-7-18-33)54-51(53-49)40-23-14-26-44-46(40)39-28-27-35(31-45(39)57-44)55-42-25-13-11-22-38(42)47-43(55)30-29-37-36-21-10-12-24-41(36)56(48(37)47)34-19-8-3-9-20-34/h1-31H. The molecule has 57 heavy (non-hydrogen) atoms. The molecule has 0 radical (unpaired) electrons. The van der Waals surface area contributed by atoms with E-state index in [0.717, 1.165) is 61.0 Å². The van der Waals surface area contributed by atoms with Crippen molar-refractivity contribution >= 4 is 65.6 Å². The smallest absolute Gasteiger partial charge is 0.164 e. The highest BCUT2D eigenvalue weighted by atomic mass is 16.3. The van der Waals surface area contributed by atoms with Gasteiger partial charge in [0, 0.05) is 66.4 Å². The normalized spacial score (nSPS) is 11.9. The van der Waals surface area contributed by atoms with Gasteiger partial charge in [0.1, 0.15) is 11.2 Å². The molecule has 0 fully saturated rings. The van der Waals surface area contributed by atoms with Gasteiger partial charge in [-0.2, -0.15) is 0 Å². The maximum Gasteiger partial charge on any atom is 0.164 e. The highest BCUT2D eigenvalue weighted by Crippen LogP contribution is 2.43. The van der Waals surface area contributed by atoms with Crippen LogP contribution in [0.25, 0.3) is 111 Å². The molecule has 12 aromatic rings. The van der Waals surface area contributed by atoms with Crippen molar-refractivity contribution in [1.29, 1.82) is 0 Å². The minimum Gasteiger partial charge on any atom is -0.456 e. The SMILES string of the molecule is c1ccc(-c2nc(-c3ccccc3)nc(-c3cccc4oc5cc(-n6c7ccccc7c7c6ccc6c8ccccc8n(-c8ccccc8)c67)ccc5c34)n2)cc1. The molecule has 6 nitrogen and oxygen atoms in total. The molecule has 12 rings (SSSR count). The lowest BCUT2D eigenvalue weighted by Gasteiger charge is -2.10. The van der Waals surface area contributed by atoms with E-state index < -0.39 is 0 Å². The van der Waals surface area contributed by atoms with Crippen LogP contribution in [0.4, 0.5) is 0 Å². The van der Waals surface area contributed by atoms with Crippen LogP contribution in [-0.2, 0) is 0 Å². The lowest BCUT2D eigenvalue weighted by molar-refractivity contribution is 0.668. The van der Waals surface area contributed by atoms with Crippen molar-refractivity contribution in [2.24, 2.45) is 0 Å². The van der Waals surface area contributed by atoms with Crippen molar-refractivity contribution in [3.8, 4) is 45.5 Å². The number of fused-ring (bicyclic) bond motifs is 10. The highest BCUT2D eigenvalue weighted by Gasteiger charge is 2.22. The minimum atomic E-state index is 0.598. The molecule has 0 N–H and O–H groups in total. The van der Waals surface area contributed by atoms with E-state index in [9.17, 15) is 0 Å². The molecule has 0 amide bonds. The summed E-state index contributed by atoms with van der Waals surface area (Å²) in [7, 11) is 0. The van der Waals surface area contributed by atoms with Gasteiger partial charge in [-0.15, -0.1) is 0 Å². The quantitative estimate of drug-likeness (QED) is 0.177. The Labute approximate surface area is 326 Å². The maximum atomic E-state index is 6.71. The van der Waals surface area contributed by atoms with Crippen molar-refractivity contribution in [3.63, 3.8) is 0 Å². The fourth-order valence-electron chi connectivity index (χ4n) is 8.70. The van der Waals surface area contributed by atoms with E-state index in [1.165, 1.54) is 32.6 Å². The fourth-order valence-corrected chi connectivity index (χ4v) is 8.70. The summed E-state index contributed by atoms with van der Waals surface area (Å²) in [6.45, 7) is 0. The predicted molar refractivity (Wildman–Crippen MR) is 232 cm³/mol. The maximum absolute atomic E-state index is 6.71. The summed E-state index contributed by atoms with van der Waals surface area (Å²) in [5, 5.41) is 6.85. The lowest BCUT2D eigenvalue weighted by Crippen LogP contribution is -2.00. The van der Waals surface area contributed by atoms with Crippen LogP contribution >= 0.6 is 0 Å². The second-order valence-electron chi connectivity index (χ2n) is 14.4. The number of hydrogen-bond donors (Lipinski definition) is 0. The van der Waals surface area contributed by atoms with E-state index in [-0.39, 0.29) is 0 Å². The largest absolute Gasteiger partial charge is 0.456 e. The van der Waals surface area contributed by atoms with Gasteiger partial charge in [-0.3, -0.25) is 0 Å². The first-order chi connectivity index (χ1) is 28.3. The second-order valence-corrected chi connectivity index (χ2v) is 14.4. The van der Waals surface area contributed by atoms with E-state index in [2.05, 4.69) is 124 Å². The van der Waals surface area contributed by atoms with Gasteiger partial charge in [0.25, 0.3) is 0 Å². The Kier molecular flexibility index (Phi) is 6.83. The zero-order chi connectivity index (χ0) is 37.5. The Bertz CT molecular complexity index is 3450. The van der Waals surface area contributed by atoms with Crippen LogP contribution in [-0.4, -0.2) is 24.1 Å². The van der Waals surface area contributed by atoms with Crippen LogP contribution in [0.2, 0.25) is 0 Å². The summed E-state index contributed by atoms with van der Waals surface area (Å²) in [5.41, 5.74) is 11.1. The molecule has 0 saturated carbocycles. The van der Waals surface area contributed by atoms with Crippen LogP contribution in [0.15, 0.2) is 192 Å². The molecule has 0 atom stereocenters. The molecular formula is C51H31N5O. The van der Waals surface area contributed by atoms with Crippen molar-refractivity contribution in [3.05, 3.63) is 188 Å². The molecule has 0 saturated heterocycles. The Hall–Kier alpha value is -7.83. The lowest BCUT2D eigenvalue weighted by atomic mass is 10.0. The van der Waals surface area contributed by atoms with E-state index >= 15 is 0 Å². The molecule has 8 aromatic carbocycles. The molecule has 0 aliphatic heterocycles. The van der Waals surface area contributed by atoms with Crippen molar-refractivity contribution < 1.29 is 4.42 Å². The first-order valence-corrected chi connectivity index (χ1v) is 19.1. The number of furan rings is 1. The Morgan fingerprint density at radius 1 is 0.351 bits per heavy atom. The summed E-state index contributed by atoms with van der Waals surface area (Å²) < 4.78 is 11.5. The Balaban J connectivity index is 1.09. The Morgan fingerprint density at radius 3 is 1.67 bits per heavy atom. The van der Waals surface area contributed by atoms with Crippen LogP contribution < -0.4 is 0 Å². The van der Waals surface area contributed by atoms with Crippen LogP contribution in [0, 0.1) is 0 Å². The van der Waals surface area contributed by atoms with Gasteiger partial charge in [0.2, 0.25) is 0 Å². The van der Waals surface area contributed by atoms with Gasteiger partial charge in [0.15, 0.2) is 17.5 Å². The molecule has 0 aliphatic carbocycles. The highest BCUT2D eigenvalue weighted by molar-refractivity contribution is 6.26. The number of aromatic nitrogens is 5. The molecule has 0 unspecified atom stereocenters. The van der Waals surface area contributed by atoms with Crippen molar-refractivity contribution in [2.45, 2.75) is 0 Å². The minimum absolute atomic E-state index is 0.598. The van der Waals surface area contributed by atoms with Crippen LogP contribution in [0.1, 0.15) is 0 Å². The zero-order valence-electron chi connectivity index (χ0n) is 30.5. The third-order valence-electron chi connectivity index (χ3n) is 11.2. The molecule has 6 heteroatoms. The first kappa shape index (κ1) is 31.5. The van der Waals surface area contributed by atoms with Gasteiger partial charge in [-0.05, 0) is 48.5 Å². The summed E-state index contributed by atoms with van der Waals surface area (Å²) in [6.07, 6.45) is 0. The topological polar surface area (TPSA) is 61.7 Å². The number of hydrogen-bond acceptors (Lipinski definition) is 4. The van der Waals surface area contributed by atoms with E-state index in [1.54, 1.807) is 0 Å². The predicted octanol–water partition coefficient (Wildman–Crippen LogP) is 13.0. The summed E-state index contributed by atoms with van der Waals surface area (Å²) in [5.74, 6) is 1.84. The monoisotopic (exact) mass is 729 g/mol. The first-order valence-electron chi connectivity index (χ1n) is 19.1. The fraction of sp³-hybridized carbons (Fsp3) is 0. The van der Waals surface area contributed by atoms with E-state index in [0.29, 0.717) is 17.5 Å². The summed E-state index contributed by atoms with van der Waals surface area (Å²) >= 11 is 0. The summed E-state index contributed by atoms with van der Waals surface area (Å²) in [4.78, 5) is 15.0. The molecular weight excluding hydrogens is 699 g/mol. The van der Waals surface area contributed by atoms with Gasteiger partial charge in [-0.25, -0.2) is 15.0 Å². The average Bonchev–Trinajstić information content (AvgIpc) is 3.94. The van der Waals surface area contributed by atoms with Crippen LogP contribution in [0.3, 0.4) is 0 Å². The zero-order valence-corrected chi connectivity index (χ0v) is 30.5. The van der Waals surface area contributed by atoms with E-state index in [4.69, 9.17) is 19.4 Å². The average molecular weight is 730 g/mol. The van der Waals surface area contributed by atoms with Gasteiger partial charge < -0.3 is 13.6 Å². The molecule has 266 valence electrons. The van der Waals surface area contributed by atoms with Crippen LogP contribution in [0.5, 0.6) is 0 Å². The van der Waals surface area contributed by atoms with Gasteiger partial charge in [0.05, 0.1) is 22.1 Å². The molecule has 0 spiro atoms. The molecule has 4 heterocycles. The van der Waals surface area contributed by atoms with Gasteiger partial charge >= 0.3 is 0 Å². The third kappa shape index (κ3) is 4.81. The molecule has 0 aliphatic rings. The number of rotatable bonds is 5. The van der Waals surface area contributed by atoms with Crippen molar-refractivity contribution in [2.75, 3.05) is 0 Å². The number of benzene rings is 8. The number of para-hydroxylation sites is 3. The molecule has 4 aromatic heterocycles. The summed E-state index contributed by atoms with van der Waals surface area (Å²) in [6, 6.07) is 65.5. The van der Waals surface area contributed by atoms with Gasteiger partial charge in [-0.1, -0.05) is 133 Å². The molecule has 0 bridgehead atoms. The van der Waals surface area contributed by atoms with Crippen molar-refractivity contribution in [1.82, 2.24) is 24.1 Å².